The van der Waals surface area contributed by atoms with Gasteiger partial charge in [0.05, 0.1) is 12.6 Å². The van der Waals surface area contributed by atoms with E-state index in [0.717, 1.165) is 11.5 Å². The van der Waals surface area contributed by atoms with Crippen molar-refractivity contribution in [3.8, 4) is 0 Å². The fourth-order valence-corrected chi connectivity index (χ4v) is 2.19. The summed E-state index contributed by atoms with van der Waals surface area (Å²) in [5.74, 6) is 1.87. The number of anilines is 2. The molecule has 1 amide bonds. The van der Waals surface area contributed by atoms with Crippen LogP contribution in [-0.4, -0.2) is 29.2 Å². The summed E-state index contributed by atoms with van der Waals surface area (Å²) >= 11 is 0. The van der Waals surface area contributed by atoms with E-state index in [2.05, 4.69) is 36.1 Å². The zero-order chi connectivity index (χ0) is 18.2. The average molecular weight is 342 g/mol. The van der Waals surface area contributed by atoms with E-state index in [4.69, 9.17) is 4.74 Å². The Kier molecular flexibility index (Phi) is 6.74. The smallest absolute Gasteiger partial charge is 0.415 e. The molecule has 0 aliphatic carbocycles. The molecule has 1 N–H and O–H groups in total. The second-order valence-electron chi connectivity index (χ2n) is 6.51. The minimum Gasteiger partial charge on any atom is -0.447 e. The van der Waals surface area contributed by atoms with Crippen molar-refractivity contribution >= 4 is 17.9 Å². The van der Waals surface area contributed by atoms with Crippen molar-refractivity contribution in [2.45, 2.75) is 33.7 Å². The normalized spacial score (nSPS) is 14.6. The molecule has 1 atom stereocenters. The second-order valence-corrected chi connectivity index (χ2v) is 6.51. The van der Waals surface area contributed by atoms with Gasteiger partial charge >= 0.3 is 6.09 Å². The number of hydrogen-bond acceptors (Lipinski definition) is 5. The summed E-state index contributed by atoms with van der Waals surface area (Å²) in [5, 5.41) is 3.24. The summed E-state index contributed by atoms with van der Waals surface area (Å²) in [7, 11) is 0. The Bertz CT molecular complexity index is 673. The zero-order valence-electron chi connectivity index (χ0n) is 15.3. The van der Waals surface area contributed by atoms with Crippen LogP contribution in [0.2, 0.25) is 0 Å². The molecule has 2 aromatic rings. The Balaban J connectivity index is 0.000000511. The summed E-state index contributed by atoms with van der Waals surface area (Å²) < 4.78 is 4.92. The number of amides is 1. The topological polar surface area (TPSA) is 67.3 Å². The molecule has 1 saturated heterocycles. The van der Waals surface area contributed by atoms with Crippen LogP contribution in [0.4, 0.5) is 16.6 Å². The molecule has 3 rings (SSSR count). The van der Waals surface area contributed by atoms with Gasteiger partial charge in [-0.05, 0) is 24.5 Å². The predicted octanol–water partition coefficient (Wildman–Crippen LogP) is 4.27. The van der Waals surface area contributed by atoms with Crippen molar-refractivity contribution in [1.29, 1.82) is 0 Å². The van der Waals surface area contributed by atoms with Gasteiger partial charge in [0, 0.05) is 6.20 Å². The van der Waals surface area contributed by atoms with Gasteiger partial charge in [-0.3, -0.25) is 4.90 Å². The highest BCUT2D eigenvalue weighted by Gasteiger charge is 2.25. The number of ether oxygens (including phenoxy) is 1. The Labute approximate surface area is 149 Å². The predicted molar refractivity (Wildman–Crippen MR) is 99.7 cm³/mol. The number of cyclic esters (lactones) is 1. The number of nitrogens with one attached hydrogen (secondary N) is 1. The molecular weight excluding hydrogens is 316 g/mol. The summed E-state index contributed by atoms with van der Waals surface area (Å²) in [5.41, 5.74) is 1.15. The Morgan fingerprint density at radius 3 is 2.40 bits per heavy atom. The van der Waals surface area contributed by atoms with E-state index >= 15 is 0 Å². The van der Waals surface area contributed by atoms with Crippen LogP contribution < -0.4 is 10.2 Å². The monoisotopic (exact) mass is 342 g/mol. The molecule has 6 nitrogen and oxygen atoms in total. The summed E-state index contributed by atoms with van der Waals surface area (Å²) in [6.45, 7) is 9.45. The van der Waals surface area contributed by atoms with Gasteiger partial charge in [0.15, 0.2) is 0 Å². The van der Waals surface area contributed by atoms with Crippen molar-refractivity contribution in [3.05, 3.63) is 48.2 Å². The van der Waals surface area contributed by atoms with Crippen molar-refractivity contribution in [3.63, 3.8) is 0 Å². The third-order valence-electron chi connectivity index (χ3n) is 3.32. The molecule has 0 spiro atoms. The SMILES string of the molecule is CC(C)C.C[C@H](Nc1nccc(N2CCOC2=O)n1)c1ccccc1. The molecule has 0 saturated carbocycles. The Morgan fingerprint density at radius 2 is 1.80 bits per heavy atom. The Hall–Kier alpha value is -2.63. The number of carbonyl (C=O) groups is 1. The van der Waals surface area contributed by atoms with Crippen LogP contribution in [0.3, 0.4) is 0 Å². The van der Waals surface area contributed by atoms with Crippen LogP contribution in [-0.2, 0) is 4.74 Å². The van der Waals surface area contributed by atoms with E-state index in [-0.39, 0.29) is 12.1 Å². The number of benzene rings is 1. The Morgan fingerprint density at radius 1 is 1.12 bits per heavy atom. The first-order valence-electron chi connectivity index (χ1n) is 8.56. The number of carbonyl (C=O) groups excluding carboxylic acids is 1. The van der Waals surface area contributed by atoms with Gasteiger partial charge in [0.1, 0.15) is 12.4 Å². The maximum Gasteiger partial charge on any atom is 0.415 e. The van der Waals surface area contributed by atoms with Gasteiger partial charge in [-0.1, -0.05) is 51.1 Å². The highest BCUT2D eigenvalue weighted by atomic mass is 16.6. The van der Waals surface area contributed by atoms with E-state index in [0.29, 0.717) is 24.9 Å². The lowest BCUT2D eigenvalue weighted by atomic mass is 10.1. The van der Waals surface area contributed by atoms with Gasteiger partial charge in [-0.25, -0.2) is 9.78 Å². The first kappa shape index (κ1) is 18.7. The molecule has 6 heteroatoms. The first-order chi connectivity index (χ1) is 12.0. The van der Waals surface area contributed by atoms with Crippen LogP contribution in [0.15, 0.2) is 42.6 Å². The lowest BCUT2D eigenvalue weighted by molar-refractivity contribution is 0.181. The fraction of sp³-hybridized carbons (Fsp3) is 0.421. The lowest BCUT2D eigenvalue weighted by Gasteiger charge is -2.16. The van der Waals surface area contributed by atoms with Gasteiger partial charge in [0.25, 0.3) is 0 Å². The molecule has 1 fully saturated rings. The zero-order valence-corrected chi connectivity index (χ0v) is 15.3. The molecule has 1 aromatic heterocycles. The minimum atomic E-state index is -0.365. The van der Waals surface area contributed by atoms with E-state index in [9.17, 15) is 4.79 Å². The van der Waals surface area contributed by atoms with E-state index < -0.39 is 0 Å². The van der Waals surface area contributed by atoms with E-state index in [1.807, 2.05) is 37.3 Å². The molecule has 25 heavy (non-hydrogen) atoms. The van der Waals surface area contributed by atoms with Crippen molar-refractivity contribution in [2.24, 2.45) is 5.92 Å². The van der Waals surface area contributed by atoms with Crippen molar-refractivity contribution in [2.75, 3.05) is 23.4 Å². The summed E-state index contributed by atoms with van der Waals surface area (Å²) in [6, 6.07) is 11.8. The van der Waals surface area contributed by atoms with E-state index in [1.54, 1.807) is 12.3 Å². The van der Waals surface area contributed by atoms with Gasteiger partial charge < -0.3 is 10.1 Å². The highest BCUT2D eigenvalue weighted by molar-refractivity contribution is 5.88. The standard InChI is InChI=1S/C15H16N4O2.C4H10/c1-11(12-5-3-2-4-6-12)17-14-16-8-7-13(18-14)19-9-10-21-15(19)20;1-4(2)3/h2-8,11H,9-10H2,1H3,(H,16,17,18);4H,1-3H3/t11-;/m0./s1. The molecule has 0 bridgehead atoms. The van der Waals surface area contributed by atoms with Crippen molar-refractivity contribution < 1.29 is 9.53 Å². The second kappa shape index (κ2) is 9.01. The number of aromatic nitrogens is 2. The highest BCUT2D eigenvalue weighted by Crippen LogP contribution is 2.20. The van der Waals surface area contributed by atoms with Gasteiger partial charge in [-0.15, -0.1) is 0 Å². The molecule has 0 radical (unpaired) electrons. The van der Waals surface area contributed by atoms with Crippen LogP contribution in [0.1, 0.15) is 39.3 Å². The average Bonchev–Trinajstić information content (AvgIpc) is 3.01. The quantitative estimate of drug-likeness (QED) is 0.899. The largest absolute Gasteiger partial charge is 0.447 e. The molecule has 134 valence electrons. The summed E-state index contributed by atoms with van der Waals surface area (Å²) in [4.78, 5) is 21.6. The third-order valence-corrected chi connectivity index (χ3v) is 3.32. The van der Waals surface area contributed by atoms with Gasteiger partial charge in [0.2, 0.25) is 5.95 Å². The lowest BCUT2D eigenvalue weighted by Crippen LogP contribution is -2.25. The molecule has 1 aromatic carbocycles. The van der Waals surface area contributed by atoms with Gasteiger partial charge in [-0.2, -0.15) is 4.98 Å². The van der Waals surface area contributed by atoms with Crippen molar-refractivity contribution in [1.82, 2.24) is 9.97 Å². The molecular formula is C19H26N4O2. The maximum absolute atomic E-state index is 11.6. The minimum absolute atomic E-state index is 0.0759. The molecule has 1 aliphatic heterocycles. The third kappa shape index (κ3) is 5.74. The molecule has 1 aliphatic rings. The van der Waals surface area contributed by atoms with Crippen LogP contribution in [0.25, 0.3) is 0 Å². The van der Waals surface area contributed by atoms with Crippen LogP contribution in [0, 0.1) is 5.92 Å². The number of rotatable bonds is 4. The van der Waals surface area contributed by atoms with E-state index in [1.165, 1.54) is 4.90 Å². The molecule has 0 unspecified atom stereocenters. The number of nitrogens with zero attached hydrogens (tertiary/aromatic N) is 3. The number of hydrogen-bond donors (Lipinski definition) is 1. The van der Waals surface area contributed by atoms with Crippen LogP contribution >= 0.6 is 0 Å². The molecule has 2 heterocycles. The summed E-state index contributed by atoms with van der Waals surface area (Å²) in [6.07, 6.45) is 1.27. The first-order valence-corrected chi connectivity index (χ1v) is 8.56. The maximum atomic E-state index is 11.6. The fourth-order valence-electron chi connectivity index (χ4n) is 2.19. The van der Waals surface area contributed by atoms with Crippen LogP contribution in [0.5, 0.6) is 0 Å².